The van der Waals surface area contributed by atoms with E-state index in [1.165, 1.54) is 14.7 Å². The fraction of sp³-hybridized carbons (Fsp3) is 0.0952. The molecule has 11 nitrogen and oxygen atoms in total. The number of carbonyl (C=O) groups is 4. The first-order valence-electron chi connectivity index (χ1n) is 32.4. The number of ether oxygens (including phenoxy) is 6. The Labute approximate surface area is 754 Å². The Morgan fingerprint density at radius 1 is 0.271 bits per heavy atom. The van der Waals surface area contributed by atoms with Crippen molar-refractivity contribution in [2.24, 2.45) is 0 Å². The van der Waals surface area contributed by atoms with Crippen LogP contribution in [0, 0.1) is 32.1 Å². The molecular weight excluding hydrogens is 2420 g/mol. The monoisotopic (exact) mass is 2490 g/mol. The van der Waals surface area contributed by atoms with E-state index in [4.69, 9.17) is 28.4 Å². The molecule has 0 fully saturated rings. The summed E-state index contributed by atoms with van der Waals surface area (Å²) in [6.07, 6.45) is -0.739. The summed E-state index contributed by atoms with van der Waals surface area (Å²) < 4.78 is 42.1. The average molecular weight is 2490 g/mol. The summed E-state index contributed by atoms with van der Waals surface area (Å²) in [7, 11) is -1.09. The van der Waals surface area contributed by atoms with E-state index in [1.807, 2.05) is 209 Å². The molecule has 1 N–H and O–H groups in total. The van der Waals surface area contributed by atoms with Gasteiger partial charge in [0.2, 0.25) is 0 Å². The first-order valence-corrected chi connectivity index (χ1v) is 45.8. The molecule has 544 valence electrons. The van der Waals surface area contributed by atoms with Crippen LogP contribution < -0.4 is 23.7 Å². The normalized spacial score (nSPS) is 12.0. The molecule has 12 rings (SSSR count). The Hall–Kier alpha value is -4.46. The SMILES string of the molecule is CC(C)(C)OC(=O)Oc1ccc([S+](c2ccccc2)c2ccc(OC(=O)c3c(I)ccc(I)c3I)cc2)cc1.CC(C)(C)Oc1ccc([S+](c2ccccc2)c2ccc(OC(=O)c3c(I)ccc(I)c3I)cc2)cc1.O=C(Oc1ccc([S+](c2ccccc2)c2ccc(O)cc2)cc1)c1c(I)ccc(I)c1I. The van der Waals surface area contributed by atoms with Gasteiger partial charge in [0.1, 0.15) is 45.7 Å². The summed E-state index contributed by atoms with van der Waals surface area (Å²) in [5.41, 5.74) is 0.895. The third-order valence-corrected chi connectivity index (χ3v) is 33.2. The maximum absolute atomic E-state index is 13.0. The van der Waals surface area contributed by atoms with Gasteiger partial charge in [-0.2, -0.15) is 0 Å². The summed E-state index contributed by atoms with van der Waals surface area (Å²) in [5, 5.41) is 9.70. The summed E-state index contributed by atoms with van der Waals surface area (Å²) in [6.45, 7) is 11.5. The first kappa shape index (κ1) is 85.0. The van der Waals surface area contributed by atoms with Gasteiger partial charge < -0.3 is 33.5 Å². The van der Waals surface area contributed by atoms with Crippen molar-refractivity contribution in [1.82, 2.24) is 0 Å². The lowest BCUT2D eigenvalue weighted by atomic mass is 10.2. The number of phenolic OH excluding ortho intramolecular Hbond substituents is 1. The van der Waals surface area contributed by atoms with E-state index in [9.17, 15) is 24.3 Å². The van der Waals surface area contributed by atoms with E-state index in [0.29, 0.717) is 39.7 Å². The molecule has 0 aliphatic carbocycles. The second kappa shape index (κ2) is 39.8. The summed E-state index contributed by atoms with van der Waals surface area (Å²) >= 11 is 19.8. The van der Waals surface area contributed by atoms with Crippen molar-refractivity contribution in [3.05, 3.63) is 322 Å². The molecule has 3 unspecified atom stereocenters. The molecule has 0 bridgehead atoms. The quantitative estimate of drug-likeness (QED) is 0.0232. The van der Waals surface area contributed by atoms with Gasteiger partial charge >= 0.3 is 24.1 Å². The Balaban J connectivity index is 0.000000172. The topological polar surface area (TPSA) is 144 Å². The molecule has 12 aromatic rings. The maximum atomic E-state index is 13.0. The highest BCUT2D eigenvalue weighted by Gasteiger charge is 2.33. The summed E-state index contributed by atoms with van der Waals surface area (Å²) in [5.74, 6) is 1.94. The Kier molecular flexibility index (Phi) is 31.6. The van der Waals surface area contributed by atoms with Crippen molar-refractivity contribution in [2.75, 3.05) is 0 Å². The van der Waals surface area contributed by atoms with Crippen LogP contribution >= 0.6 is 203 Å². The summed E-state index contributed by atoms with van der Waals surface area (Å²) in [6, 6.07) is 88.8. The lowest BCUT2D eigenvalue weighted by Gasteiger charge is -2.21. The number of rotatable bonds is 17. The lowest BCUT2D eigenvalue weighted by molar-refractivity contribution is 0.0205. The van der Waals surface area contributed by atoms with E-state index in [-0.39, 0.29) is 51.0 Å². The van der Waals surface area contributed by atoms with Crippen LogP contribution in [0.1, 0.15) is 72.6 Å². The molecule has 3 atom stereocenters. The zero-order valence-electron chi connectivity index (χ0n) is 57.6. The Morgan fingerprint density at radius 3 is 0.748 bits per heavy atom. The standard InChI is InChI=1S/C30H24I3O5S.C29H24I3O3S.C25H15I3O3S/c1-30(2,3)38-29(35)37-20-11-15-23(16-12-20)39(21-7-5-4-6-8-21)22-13-9-19(10-14-22)36-28(34)26-24(31)17-18-25(32)27(26)33;1-29(2,3)35-20-11-15-23(16-12-20)36(21-7-5-4-6-8-21)22-13-9-19(10-14-22)34-28(33)26-24(30)17-18-25(31)27(26)32;26-21-14-15-22(27)24(28)23(21)25(30)31-17-8-12-20(13-9-17)32(18-4-2-1-3-5-18)19-10-6-16(29)7-11-19/h4-18H,1-3H3;4-18H,1-3H3;1-15H/q2*+1;/p+1. The van der Waals surface area contributed by atoms with Crippen LogP contribution in [0.3, 0.4) is 0 Å². The first-order chi connectivity index (χ1) is 51.1. The molecular formula is C84H64I9O11S3+3. The fourth-order valence-electron chi connectivity index (χ4n) is 10.0. The lowest BCUT2D eigenvalue weighted by Crippen LogP contribution is -2.25. The van der Waals surface area contributed by atoms with Crippen molar-refractivity contribution >= 4 is 260 Å². The minimum absolute atomic E-state index is 0.243. The molecule has 0 saturated heterocycles. The van der Waals surface area contributed by atoms with Gasteiger partial charge in [0.25, 0.3) is 0 Å². The Morgan fingerprint density at radius 2 is 0.495 bits per heavy atom. The van der Waals surface area contributed by atoms with Gasteiger partial charge in [0, 0.05) is 32.1 Å². The third-order valence-electron chi connectivity index (χ3n) is 14.7. The number of aromatic hydroxyl groups is 1. The minimum Gasteiger partial charge on any atom is -0.508 e. The van der Waals surface area contributed by atoms with Gasteiger partial charge in [0.15, 0.2) is 44.1 Å². The molecule has 0 aromatic heterocycles. The van der Waals surface area contributed by atoms with E-state index in [0.717, 1.165) is 67.3 Å². The zero-order valence-corrected chi connectivity index (χ0v) is 79.5. The van der Waals surface area contributed by atoms with Crippen molar-refractivity contribution in [1.29, 1.82) is 0 Å². The number of benzene rings is 12. The van der Waals surface area contributed by atoms with Gasteiger partial charge in [-0.15, -0.1) is 0 Å². The zero-order chi connectivity index (χ0) is 76.7. The molecule has 0 radical (unpaired) electrons. The van der Waals surface area contributed by atoms with E-state index >= 15 is 0 Å². The molecule has 0 spiro atoms. The highest BCUT2D eigenvalue weighted by atomic mass is 127. The van der Waals surface area contributed by atoms with Crippen molar-refractivity contribution < 1.29 is 52.7 Å². The van der Waals surface area contributed by atoms with Crippen LogP contribution in [0.5, 0.6) is 34.5 Å². The van der Waals surface area contributed by atoms with Crippen LogP contribution in [-0.4, -0.2) is 40.4 Å². The van der Waals surface area contributed by atoms with E-state index in [1.54, 1.807) is 45.0 Å². The van der Waals surface area contributed by atoms with Crippen LogP contribution in [0.4, 0.5) is 4.79 Å². The predicted molar refractivity (Wildman–Crippen MR) is 502 cm³/mol. The van der Waals surface area contributed by atoms with Gasteiger partial charge in [0.05, 0.1) is 49.4 Å². The predicted octanol–water partition coefficient (Wildman–Crippen LogP) is 25.6. The van der Waals surface area contributed by atoms with Gasteiger partial charge in [-0.25, -0.2) is 19.2 Å². The maximum Gasteiger partial charge on any atom is 0.514 e. The highest BCUT2D eigenvalue weighted by Crippen LogP contribution is 2.39. The van der Waals surface area contributed by atoms with Crippen LogP contribution in [0.25, 0.3) is 0 Å². The van der Waals surface area contributed by atoms with E-state index in [2.05, 4.69) is 264 Å². The number of carbonyl (C=O) groups excluding carboxylic acids is 4. The number of phenols is 1. The third kappa shape index (κ3) is 24.0. The molecule has 0 amide bonds. The smallest absolute Gasteiger partial charge is 0.508 e. The second-order valence-electron chi connectivity index (χ2n) is 24.8. The Bertz CT molecular complexity index is 5080. The molecule has 0 aliphatic rings. The molecule has 0 heterocycles. The molecule has 12 aromatic carbocycles. The van der Waals surface area contributed by atoms with Gasteiger partial charge in [-0.3, -0.25) is 0 Å². The van der Waals surface area contributed by atoms with Gasteiger partial charge in [-0.1, -0.05) is 54.6 Å². The van der Waals surface area contributed by atoms with Crippen LogP contribution in [-0.2, 0) is 37.4 Å². The van der Waals surface area contributed by atoms with Crippen molar-refractivity contribution in [3.63, 3.8) is 0 Å². The molecule has 23 heteroatoms. The fourth-order valence-corrected chi connectivity index (χ4v) is 23.2. The highest BCUT2D eigenvalue weighted by molar-refractivity contribution is 14.1. The van der Waals surface area contributed by atoms with Crippen molar-refractivity contribution in [3.8, 4) is 34.5 Å². The molecule has 0 saturated carbocycles. The van der Waals surface area contributed by atoms with Gasteiger partial charge in [-0.05, 0) is 463 Å². The number of hydrogen-bond acceptors (Lipinski definition) is 11. The largest absolute Gasteiger partial charge is 0.514 e. The number of halogens is 9. The molecule has 0 aliphatic heterocycles. The van der Waals surface area contributed by atoms with Crippen LogP contribution in [0.15, 0.2) is 317 Å². The summed E-state index contributed by atoms with van der Waals surface area (Å²) in [4.78, 5) is 61.0. The van der Waals surface area contributed by atoms with Crippen LogP contribution in [0.2, 0.25) is 0 Å². The average Bonchev–Trinajstić information content (AvgIpc) is 0.991. The number of esters is 3. The molecule has 107 heavy (non-hydrogen) atoms. The number of hydrogen-bond donors (Lipinski definition) is 1. The van der Waals surface area contributed by atoms with Crippen molar-refractivity contribution in [2.45, 2.75) is 96.8 Å². The second-order valence-corrected chi connectivity index (χ2v) is 41.1. The van der Waals surface area contributed by atoms with E-state index < -0.39 is 22.7 Å². The minimum atomic E-state index is -0.739.